The Labute approximate surface area is 207 Å². The van der Waals surface area contributed by atoms with Gasteiger partial charge in [-0.1, -0.05) is 24.3 Å². The molecule has 1 aromatic heterocycles. The quantitative estimate of drug-likeness (QED) is 0.360. The first-order valence-corrected chi connectivity index (χ1v) is 11.1. The summed E-state index contributed by atoms with van der Waals surface area (Å²) < 4.78 is 5.25. The molecule has 0 aliphatic carbocycles. The van der Waals surface area contributed by atoms with E-state index >= 15 is 0 Å². The van der Waals surface area contributed by atoms with Crippen molar-refractivity contribution in [2.45, 2.75) is 32.4 Å². The highest BCUT2D eigenvalue weighted by Gasteiger charge is 2.31. The molecule has 1 fully saturated rings. The van der Waals surface area contributed by atoms with Gasteiger partial charge in [-0.15, -0.1) is 24.0 Å². The van der Waals surface area contributed by atoms with Gasteiger partial charge in [-0.25, -0.2) is 0 Å². The van der Waals surface area contributed by atoms with Crippen molar-refractivity contribution in [3.8, 4) is 0 Å². The van der Waals surface area contributed by atoms with Gasteiger partial charge in [-0.3, -0.25) is 14.7 Å². The van der Waals surface area contributed by atoms with Crippen LogP contribution in [-0.4, -0.2) is 78.4 Å². The van der Waals surface area contributed by atoms with Gasteiger partial charge in [0.25, 0.3) is 5.91 Å². The Morgan fingerprint density at radius 1 is 1.03 bits per heavy atom. The summed E-state index contributed by atoms with van der Waals surface area (Å²) in [6, 6.07) is 12.2. The molecule has 0 radical (unpaired) electrons. The zero-order valence-electron chi connectivity index (χ0n) is 19.2. The number of piperazine rings is 1. The van der Waals surface area contributed by atoms with Gasteiger partial charge < -0.3 is 19.5 Å². The molecule has 4 rings (SSSR count). The maximum absolute atomic E-state index is 12.5. The van der Waals surface area contributed by atoms with Gasteiger partial charge in [0.05, 0.1) is 6.26 Å². The molecule has 32 heavy (non-hydrogen) atoms. The Morgan fingerprint density at radius 3 is 2.38 bits per heavy atom. The average molecular weight is 551 g/mol. The van der Waals surface area contributed by atoms with Crippen LogP contribution in [0.4, 0.5) is 0 Å². The van der Waals surface area contributed by atoms with Crippen LogP contribution in [0.25, 0.3) is 0 Å². The standard InChI is InChI=1S/C24H33N5O2.HI/c1-24(2,29-11-10-19-7-4-5-8-20(19)17-29)18-26-23(25-3)28-14-12-27(13-15-28)22(30)21-9-6-16-31-21;/h4-9,16H,10-15,17-18H2,1-3H3,(H,25,26);1H. The van der Waals surface area contributed by atoms with Crippen molar-refractivity contribution in [2.24, 2.45) is 4.99 Å². The fraction of sp³-hybridized carbons (Fsp3) is 0.500. The molecule has 0 spiro atoms. The first-order chi connectivity index (χ1) is 15.0. The van der Waals surface area contributed by atoms with Gasteiger partial charge in [0, 0.05) is 58.4 Å². The lowest BCUT2D eigenvalue weighted by Crippen LogP contribution is -2.58. The molecular weight excluding hydrogens is 517 g/mol. The number of nitrogens with one attached hydrogen (secondary N) is 1. The molecule has 2 aromatic rings. The Bertz CT molecular complexity index is 920. The zero-order chi connectivity index (χ0) is 21.8. The lowest BCUT2D eigenvalue weighted by Gasteiger charge is -2.43. The lowest BCUT2D eigenvalue weighted by atomic mass is 9.94. The molecule has 1 saturated heterocycles. The van der Waals surface area contributed by atoms with E-state index < -0.39 is 0 Å². The van der Waals surface area contributed by atoms with Crippen molar-refractivity contribution in [3.05, 3.63) is 59.5 Å². The molecule has 1 aromatic carbocycles. The smallest absolute Gasteiger partial charge is 0.289 e. The number of aliphatic imine (C=N–C) groups is 1. The second kappa shape index (κ2) is 10.7. The highest BCUT2D eigenvalue weighted by Crippen LogP contribution is 2.25. The fourth-order valence-corrected chi connectivity index (χ4v) is 4.43. The van der Waals surface area contributed by atoms with E-state index in [1.165, 1.54) is 17.4 Å². The molecule has 0 saturated carbocycles. The van der Waals surface area contributed by atoms with Gasteiger partial charge in [0.15, 0.2) is 11.7 Å². The molecule has 8 heteroatoms. The van der Waals surface area contributed by atoms with E-state index in [2.05, 4.69) is 58.2 Å². The highest BCUT2D eigenvalue weighted by molar-refractivity contribution is 14.0. The summed E-state index contributed by atoms with van der Waals surface area (Å²) >= 11 is 0. The number of benzene rings is 1. The van der Waals surface area contributed by atoms with Crippen LogP contribution in [0, 0.1) is 0 Å². The van der Waals surface area contributed by atoms with E-state index in [0.717, 1.165) is 45.1 Å². The van der Waals surface area contributed by atoms with Gasteiger partial charge in [0.1, 0.15) is 0 Å². The molecule has 7 nitrogen and oxygen atoms in total. The third kappa shape index (κ3) is 5.46. The maximum Gasteiger partial charge on any atom is 0.289 e. The van der Waals surface area contributed by atoms with Crippen molar-refractivity contribution in [1.29, 1.82) is 0 Å². The molecule has 0 bridgehead atoms. The summed E-state index contributed by atoms with van der Waals surface area (Å²) in [6.45, 7) is 10.3. The molecular formula is C24H34IN5O2. The van der Waals surface area contributed by atoms with E-state index in [1.54, 1.807) is 12.1 Å². The SMILES string of the molecule is CN=C(NCC(C)(C)N1CCc2ccccc2C1)N1CCN(C(=O)c2ccco2)CC1.I. The number of halogens is 1. The minimum Gasteiger partial charge on any atom is -0.459 e. The normalized spacial score (nSPS) is 17.5. The summed E-state index contributed by atoms with van der Waals surface area (Å²) in [5, 5.41) is 3.58. The van der Waals surface area contributed by atoms with Crippen molar-refractivity contribution in [3.63, 3.8) is 0 Å². The predicted molar refractivity (Wildman–Crippen MR) is 138 cm³/mol. The summed E-state index contributed by atoms with van der Waals surface area (Å²) in [6.07, 6.45) is 2.64. The Morgan fingerprint density at radius 2 is 1.72 bits per heavy atom. The minimum absolute atomic E-state index is 0. The van der Waals surface area contributed by atoms with Crippen LogP contribution in [-0.2, 0) is 13.0 Å². The van der Waals surface area contributed by atoms with Crippen LogP contribution >= 0.6 is 24.0 Å². The van der Waals surface area contributed by atoms with Crippen molar-refractivity contribution in [2.75, 3.05) is 46.3 Å². The number of carbonyl (C=O) groups is 1. The predicted octanol–water partition coefficient (Wildman–Crippen LogP) is 3.07. The van der Waals surface area contributed by atoms with Crippen LogP contribution in [0.15, 0.2) is 52.1 Å². The number of guanidine groups is 1. The van der Waals surface area contributed by atoms with E-state index in [9.17, 15) is 4.79 Å². The molecule has 1 N–H and O–H groups in total. The second-order valence-corrected chi connectivity index (χ2v) is 8.91. The van der Waals surface area contributed by atoms with E-state index in [1.807, 2.05) is 11.9 Å². The average Bonchev–Trinajstić information content (AvgIpc) is 3.34. The van der Waals surface area contributed by atoms with Gasteiger partial charge in [-0.05, 0) is 43.5 Å². The monoisotopic (exact) mass is 551 g/mol. The topological polar surface area (TPSA) is 64.3 Å². The van der Waals surface area contributed by atoms with Crippen LogP contribution in [0.1, 0.15) is 35.5 Å². The fourth-order valence-electron chi connectivity index (χ4n) is 4.43. The first kappa shape index (κ1) is 24.6. The Hall–Kier alpha value is -2.07. The molecule has 0 unspecified atom stereocenters. The van der Waals surface area contributed by atoms with Crippen LogP contribution in [0.5, 0.6) is 0 Å². The molecule has 2 aliphatic heterocycles. The van der Waals surface area contributed by atoms with Gasteiger partial charge in [0.2, 0.25) is 0 Å². The zero-order valence-corrected chi connectivity index (χ0v) is 21.5. The third-order valence-corrected chi connectivity index (χ3v) is 6.48. The number of hydrogen-bond acceptors (Lipinski definition) is 4. The molecule has 1 amide bonds. The van der Waals surface area contributed by atoms with Crippen LogP contribution in [0.2, 0.25) is 0 Å². The second-order valence-electron chi connectivity index (χ2n) is 8.91. The summed E-state index contributed by atoms with van der Waals surface area (Å²) in [4.78, 5) is 23.6. The molecule has 0 atom stereocenters. The maximum atomic E-state index is 12.5. The third-order valence-electron chi connectivity index (χ3n) is 6.48. The molecule has 2 aliphatic rings. The number of carbonyl (C=O) groups excluding carboxylic acids is 1. The number of amides is 1. The summed E-state index contributed by atoms with van der Waals surface area (Å²) in [7, 11) is 1.83. The number of nitrogens with zero attached hydrogens (tertiary/aromatic N) is 4. The summed E-state index contributed by atoms with van der Waals surface area (Å²) in [5.74, 6) is 1.26. The first-order valence-electron chi connectivity index (χ1n) is 11.1. The van der Waals surface area contributed by atoms with Crippen molar-refractivity contribution in [1.82, 2.24) is 20.0 Å². The molecule has 3 heterocycles. The van der Waals surface area contributed by atoms with Gasteiger partial charge in [-0.2, -0.15) is 0 Å². The van der Waals surface area contributed by atoms with Crippen molar-refractivity contribution >= 4 is 35.8 Å². The minimum atomic E-state index is -0.0425. The van der Waals surface area contributed by atoms with E-state index in [4.69, 9.17) is 4.42 Å². The lowest BCUT2D eigenvalue weighted by molar-refractivity contribution is 0.0656. The Kier molecular flexibility index (Phi) is 8.21. The number of hydrogen-bond donors (Lipinski definition) is 1. The van der Waals surface area contributed by atoms with Crippen LogP contribution < -0.4 is 5.32 Å². The number of furan rings is 1. The number of rotatable bonds is 4. The van der Waals surface area contributed by atoms with Gasteiger partial charge >= 0.3 is 0 Å². The van der Waals surface area contributed by atoms with E-state index in [0.29, 0.717) is 18.8 Å². The summed E-state index contributed by atoms with van der Waals surface area (Å²) in [5.41, 5.74) is 2.91. The highest BCUT2D eigenvalue weighted by atomic mass is 127. The van der Waals surface area contributed by atoms with E-state index in [-0.39, 0.29) is 35.4 Å². The van der Waals surface area contributed by atoms with Crippen molar-refractivity contribution < 1.29 is 9.21 Å². The largest absolute Gasteiger partial charge is 0.459 e. The Balaban J connectivity index is 0.00000289. The van der Waals surface area contributed by atoms with Crippen LogP contribution in [0.3, 0.4) is 0 Å². The number of fused-ring (bicyclic) bond motifs is 1. The molecule has 174 valence electrons.